The van der Waals surface area contributed by atoms with Crippen molar-refractivity contribution in [2.24, 2.45) is 5.92 Å². The lowest BCUT2D eigenvalue weighted by Crippen LogP contribution is -2.46. The third-order valence-electron chi connectivity index (χ3n) is 4.49. The SMILES string of the molecule is CCC(C)[C@@H](c1ccc(OC)c(C)c1)N1CCNCC1.Cl.Cl. The maximum atomic E-state index is 5.39. The summed E-state index contributed by atoms with van der Waals surface area (Å²) in [5.74, 6) is 1.65. The summed E-state index contributed by atoms with van der Waals surface area (Å²) in [5, 5.41) is 3.45. The highest BCUT2D eigenvalue weighted by Gasteiger charge is 2.26. The Hall–Kier alpha value is -0.480. The quantitative estimate of drug-likeness (QED) is 0.874. The summed E-state index contributed by atoms with van der Waals surface area (Å²) in [7, 11) is 1.74. The van der Waals surface area contributed by atoms with Crippen LogP contribution in [0.1, 0.15) is 37.4 Å². The summed E-state index contributed by atoms with van der Waals surface area (Å²) in [6.07, 6.45) is 1.21. The van der Waals surface area contributed by atoms with Gasteiger partial charge in [-0.25, -0.2) is 0 Å². The molecule has 2 atom stereocenters. The summed E-state index contributed by atoms with van der Waals surface area (Å²) in [6, 6.07) is 7.18. The fourth-order valence-electron chi connectivity index (χ4n) is 3.17. The van der Waals surface area contributed by atoms with E-state index in [0.29, 0.717) is 12.0 Å². The van der Waals surface area contributed by atoms with E-state index >= 15 is 0 Å². The summed E-state index contributed by atoms with van der Waals surface area (Å²) < 4.78 is 5.39. The van der Waals surface area contributed by atoms with Gasteiger partial charge in [0.2, 0.25) is 0 Å². The summed E-state index contributed by atoms with van der Waals surface area (Å²) in [5.41, 5.74) is 2.66. The molecule has 1 fully saturated rings. The van der Waals surface area contributed by atoms with E-state index in [4.69, 9.17) is 4.74 Å². The number of nitrogens with one attached hydrogen (secondary N) is 1. The first-order chi connectivity index (χ1) is 9.67. The van der Waals surface area contributed by atoms with Crippen LogP contribution in [-0.4, -0.2) is 38.2 Å². The van der Waals surface area contributed by atoms with Crippen LogP contribution in [0, 0.1) is 12.8 Å². The predicted molar refractivity (Wildman–Crippen MR) is 98.9 cm³/mol. The molecule has 5 heteroatoms. The largest absolute Gasteiger partial charge is 0.496 e. The Morgan fingerprint density at radius 1 is 1.23 bits per heavy atom. The summed E-state index contributed by atoms with van der Waals surface area (Å²) in [6.45, 7) is 11.3. The van der Waals surface area contributed by atoms with Crippen molar-refractivity contribution in [3.8, 4) is 5.75 Å². The summed E-state index contributed by atoms with van der Waals surface area (Å²) >= 11 is 0. The molecule has 0 saturated carbocycles. The van der Waals surface area contributed by atoms with Crippen molar-refractivity contribution in [2.45, 2.75) is 33.2 Å². The minimum atomic E-state index is 0. The van der Waals surface area contributed by atoms with E-state index in [1.165, 1.54) is 17.5 Å². The van der Waals surface area contributed by atoms with Crippen molar-refractivity contribution in [1.82, 2.24) is 10.2 Å². The molecule has 0 amide bonds. The molecule has 0 aromatic heterocycles. The van der Waals surface area contributed by atoms with Gasteiger partial charge in [-0.3, -0.25) is 4.90 Å². The minimum absolute atomic E-state index is 0. The highest BCUT2D eigenvalue weighted by molar-refractivity contribution is 5.85. The van der Waals surface area contributed by atoms with Crippen LogP contribution in [0.5, 0.6) is 5.75 Å². The second-order valence-electron chi connectivity index (χ2n) is 5.85. The van der Waals surface area contributed by atoms with Gasteiger partial charge in [0, 0.05) is 32.2 Å². The molecule has 0 spiro atoms. The van der Waals surface area contributed by atoms with Crippen molar-refractivity contribution in [1.29, 1.82) is 0 Å². The maximum Gasteiger partial charge on any atom is 0.121 e. The topological polar surface area (TPSA) is 24.5 Å². The first-order valence-corrected chi connectivity index (χ1v) is 7.76. The van der Waals surface area contributed by atoms with Gasteiger partial charge in [-0.1, -0.05) is 32.4 Å². The standard InChI is InChI=1S/C17H28N2O.2ClH/c1-5-13(2)17(19-10-8-18-9-11-19)15-6-7-16(20-4)14(3)12-15;;/h6-7,12-13,17-18H,5,8-11H2,1-4H3;2*1H/t13?,17-;;/m0../s1. The fraction of sp³-hybridized carbons (Fsp3) is 0.647. The number of aryl methyl sites for hydroxylation is 1. The Labute approximate surface area is 147 Å². The van der Waals surface area contributed by atoms with Crippen molar-refractivity contribution in [2.75, 3.05) is 33.3 Å². The second-order valence-corrected chi connectivity index (χ2v) is 5.85. The Morgan fingerprint density at radius 2 is 1.86 bits per heavy atom. The molecule has 0 bridgehead atoms. The van der Waals surface area contributed by atoms with Crippen molar-refractivity contribution in [3.63, 3.8) is 0 Å². The van der Waals surface area contributed by atoms with Crippen molar-refractivity contribution >= 4 is 24.8 Å². The lowest BCUT2D eigenvalue weighted by molar-refractivity contribution is 0.128. The number of piperazine rings is 1. The molecule has 1 unspecified atom stereocenters. The van der Waals surface area contributed by atoms with E-state index in [1.807, 2.05) is 0 Å². The van der Waals surface area contributed by atoms with Gasteiger partial charge in [-0.05, 0) is 30.0 Å². The molecule has 1 aromatic rings. The zero-order valence-corrected chi connectivity index (χ0v) is 15.7. The van der Waals surface area contributed by atoms with Gasteiger partial charge in [0.15, 0.2) is 0 Å². The highest BCUT2D eigenvalue weighted by Crippen LogP contribution is 2.33. The molecular formula is C17H30Cl2N2O. The van der Waals surface area contributed by atoms with Crippen LogP contribution in [0.4, 0.5) is 0 Å². The molecule has 0 aliphatic carbocycles. The third-order valence-corrected chi connectivity index (χ3v) is 4.49. The van der Waals surface area contributed by atoms with E-state index in [2.05, 4.69) is 49.2 Å². The van der Waals surface area contributed by atoms with Crippen LogP contribution in [-0.2, 0) is 0 Å². The highest BCUT2D eigenvalue weighted by atomic mass is 35.5. The van der Waals surface area contributed by atoms with Gasteiger partial charge in [0.05, 0.1) is 7.11 Å². The van der Waals surface area contributed by atoms with E-state index in [9.17, 15) is 0 Å². The van der Waals surface area contributed by atoms with Crippen LogP contribution in [0.15, 0.2) is 18.2 Å². The molecule has 1 N–H and O–H groups in total. The maximum absolute atomic E-state index is 5.39. The zero-order chi connectivity index (χ0) is 14.5. The van der Waals surface area contributed by atoms with Gasteiger partial charge in [-0.2, -0.15) is 0 Å². The van der Waals surface area contributed by atoms with Crippen molar-refractivity contribution < 1.29 is 4.74 Å². The molecule has 1 saturated heterocycles. The lowest BCUT2D eigenvalue weighted by Gasteiger charge is -2.38. The number of ether oxygens (including phenoxy) is 1. The number of nitrogens with zero attached hydrogens (tertiary/aromatic N) is 1. The van der Waals surface area contributed by atoms with E-state index in [0.717, 1.165) is 31.9 Å². The fourth-order valence-corrected chi connectivity index (χ4v) is 3.17. The monoisotopic (exact) mass is 348 g/mol. The number of rotatable bonds is 5. The van der Waals surface area contributed by atoms with Gasteiger partial charge < -0.3 is 10.1 Å². The molecule has 1 aliphatic rings. The number of methoxy groups -OCH3 is 1. The van der Waals surface area contributed by atoms with Gasteiger partial charge in [0.1, 0.15) is 5.75 Å². The van der Waals surface area contributed by atoms with Gasteiger partial charge in [-0.15, -0.1) is 24.8 Å². The first-order valence-electron chi connectivity index (χ1n) is 7.76. The Bertz CT molecular complexity index is 437. The molecule has 3 nitrogen and oxygen atoms in total. The van der Waals surface area contributed by atoms with Gasteiger partial charge >= 0.3 is 0 Å². The van der Waals surface area contributed by atoms with Gasteiger partial charge in [0.25, 0.3) is 0 Å². The average Bonchev–Trinajstić information content (AvgIpc) is 2.48. The number of benzene rings is 1. The smallest absolute Gasteiger partial charge is 0.121 e. The molecule has 1 aromatic carbocycles. The first kappa shape index (κ1) is 21.5. The Kier molecular flexibility index (Phi) is 10.1. The zero-order valence-electron chi connectivity index (χ0n) is 14.1. The normalized spacial score (nSPS) is 17.8. The molecule has 1 aliphatic heterocycles. The van der Waals surface area contributed by atoms with Crippen LogP contribution in [0.25, 0.3) is 0 Å². The number of hydrogen-bond acceptors (Lipinski definition) is 3. The van der Waals surface area contributed by atoms with Crippen LogP contribution >= 0.6 is 24.8 Å². The van der Waals surface area contributed by atoms with Crippen LogP contribution in [0.2, 0.25) is 0 Å². The second kappa shape index (κ2) is 10.3. The third kappa shape index (κ3) is 5.02. The predicted octanol–water partition coefficient (Wildman–Crippen LogP) is 3.84. The van der Waals surface area contributed by atoms with Crippen LogP contribution < -0.4 is 10.1 Å². The molecule has 2 rings (SSSR count). The minimum Gasteiger partial charge on any atom is -0.496 e. The van der Waals surface area contributed by atoms with Crippen molar-refractivity contribution in [3.05, 3.63) is 29.3 Å². The van der Waals surface area contributed by atoms with Crippen LogP contribution in [0.3, 0.4) is 0 Å². The molecular weight excluding hydrogens is 319 g/mol. The Balaban J connectivity index is 0.00000220. The molecule has 22 heavy (non-hydrogen) atoms. The lowest BCUT2D eigenvalue weighted by atomic mass is 9.89. The molecule has 128 valence electrons. The average molecular weight is 349 g/mol. The summed E-state index contributed by atoms with van der Waals surface area (Å²) in [4.78, 5) is 2.63. The molecule has 1 heterocycles. The number of halogens is 2. The van der Waals surface area contributed by atoms with E-state index < -0.39 is 0 Å². The number of hydrogen-bond donors (Lipinski definition) is 1. The Morgan fingerprint density at radius 3 is 2.36 bits per heavy atom. The molecule has 0 radical (unpaired) electrons. The van der Waals surface area contributed by atoms with E-state index in [1.54, 1.807) is 7.11 Å². The van der Waals surface area contributed by atoms with E-state index in [-0.39, 0.29) is 24.8 Å².